The molecule has 0 bridgehead atoms. The molecule has 0 radical (unpaired) electrons. The molecule has 0 spiro atoms. The summed E-state index contributed by atoms with van der Waals surface area (Å²) in [6, 6.07) is 2.85. The van der Waals surface area contributed by atoms with E-state index in [4.69, 9.17) is 9.90 Å². The molecule has 1 heterocycles. The van der Waals surface area contributed by atoms with E-state index in [-0.39, 0.29) is 5.95 Å². The number of carbonyl (C=O) groups is 1. The van der Waals surface area contributed by atoms with Gasteiger partial charge in [0.15, 0.2) is 0 Å². The fourth-order valence-electron chi connectivity index (χ4n) is 0.389. The average molecular weight is 189 g/mol. The largest absolute Gasteiger partial charge is 0.481 e. The summed E-state index contributed by atoms with van der Waals surface area (Å²) in [6.07, 6.45) is 1.29. The van der Waals surface area contributed by atoms with Crippen LogP contribution in [0.2, 0.25) is 0 Å². The minimum absolute atomic E-state index is 0.111. The van der Waals surface area contributed by atoms with E-state index in [0.717, 1.165) is 6.92 Å². The number of hydrogen-bond donors (Lipinski definition) is 1. The third kappa shape index (κ3) is 7.85. The van der Waals surface area contributed by atoms with E-state index in [1.54, 1.807) is 0 Å². The van der Waals surface area contributed by atoms with Crippen LogP contribution in [0, 0.1) is 10.1 Å². The molecule has 0 saturated heterocycles. The molecule has 0 aliphatic rings. The molecule has 13 heavy (non-hydrogen) atoms. The number of hydrogen-bond acceptors (Lipinski definition) is 5. The minimum Gasteiger partial charge on any atom is -0.481 e. The second-order valence-corrected chi connectivity index (χ2v) is 1.77. The van der Waals surface area contributed by atoms with Gasteiger partial charge in [-0.1, -0.05) is 0 Å². The molecule has 0 fully saturated rings. The average Bonchev–Trinajstić information content (AvgIpc) is 2.36. The van der Waals surface area contributed by atoms with E-state index >= 15 is 0 Å². The molecule has 7 heteroatoms. The Hall–Kier alpha value is -2.05. The van der Waals surface area contributed by atoms with Crippen LogP contribution in [0.3, 0.4) is 0 Å². The number of aliphatic carboxylic acids is 1. The normalized spacial score (nSPS) is 8.08. The molecule has 0 unspecified atom stereocenters. The van der Waals surface area contributed by atoms with E-state index in [9.17, 15) is 10.1 Å². The number of nitrogens with zero attached hydrogens (tertiary/aromatic N) is 1. The highest BCUT2D eigenvalue weighted by Crippen LogP contribution is 2.08. The Bertz CT molecular complexity index is 263. The Labute approximate surface area is 72.6 Å². The zero-order valence-electron chi connectivity index (χ0n) is 6.67. The molecule has 7 nitrogen and oxygen atoms in total. The topological polar surface area (TPSA) is 103 Å². The molecule has 1 N–H and O–H groups in total. The van der Waals surface area contributed by atoms with E-state index in [2.05, 4.69) is 9.25 Å². The van der Waals surface area contributed by atoms with Gasteiger partial charge in [-0.05, 0) is 6.07 Å². The molecule has 0 aliphatic heterocycles. The molecular formula is C6H7NO6. The van der Waals surface area contributed by atoms with E-state index in [0.29, 0.717) is 0 Å². The van der Waals surface area contributed by atoms with Gasteiger partial charge in [0.25, 0.3) is 11.9 Å². The lowest BCUT2D eigenvalue weighted by molar-refractivity contribution is -0.714. The van der Waals surface area contributed by atoms with Crippen molar-refractivity contribution in [3.05, 3.63) is 28.5 Å². The molecule has 0 aliphatic carbocycles. The monoisotopic (exact) mass is 189 g/mol. The van der Waals surface area contributed by atoms with E-state index in [1.165, 1.54) is 18.4 Å². The van der Waals surface area contributed by atoms with Gasteiger partial charge >= 0.3 is 5.09 Å². The number of carboxylic acid groups (broad SMARTS) is 1. The first-order valence-corrected chi connectivity index (χ1v) is 3.07. The fourth-order valence-corrected chi connectivity index (χ4v) is 0.389. The van der Waals surface area contributed by atoms with Gasteiger partial charge in [0.05, 0.1) is 6.26 Å². The predicted molar refractivity (Wildman–Crippen MR) is 39.6 cm³/mol. The van der Waals surface area contributed by atoms with Crippen LogP contribution in [0.1, 0.15) is 6.92 Å². The maximum atomic E-state index is 9.59. The van der Waals surface area contributed by atoms with Crippen LogP contribution < -0.4 is 4.84 Å². The second-order valence-electron chi connectivity index (χ2n) is 1.77. The molecular weight excluding hydrogens is 182 g/mol. The van der Waals surface area contributed by atoms with Crippen LogP contribution in [-0.2, 0) is 4.79 Å². The van der Waals surface area contributed by atoms with Crippen molar-refractivity contribution >= 4 is 5.97 Å². The molecule has 72 valence electrons. The van der Waals surface area contributed by atoms with Gasteiger partial charge in [-0.25, -0.2) is 4.84 Å². The maximum Gasteiger partial charge on any atom is 0.302 e. The van der Waals surface area contributed by atoms with Gasteiger partial charge in [-0.3, -0.25) is 4.79 Å². The van der Waals surface area contributed by atoms with E-state index < -0.39 is 11.1 Å². The van der Waals surface area contributed by atoms with Crippen molar-refractivity contribution in [3.63, 3.8) is 0 Å². The lowest BCUT2D eigenvalue weighted by Crippen LogP contribution is -2.01. The first kappa shape index (κ1) is 11.0. The Morgan fingerprint density at radius 1 is 1.77 bits per heavy atom. The van der Waals surface area contributed by atoms with Crippen LogP contribution in [0.25, 0.3) is 0 Å². The quantitative estimate of drug-likeness (QED) is 0.548. The third-order valence-corrected chi connectivity index (χ3v) is 0.660. The van der Waals surface area contributed by atoms with Crippen molar-refractivity contribution in [2.45, 2.75) is 6.92 Å². The standard InChI is InChI=1S/C4H3NO4.C2H4O2/c6-5(7)9-4-2-1-3-8-4;1-2(3)4/h1-3H;1H3,(H,3,4). The molecule has 1 aromatic rings. The van der Waals surface area contributed by atoms with Crippen molar-refractivity contribution in [2.75, 3.05) is 0 Å². The van der Waals surface area contributed by atoms with Gasteiger partial charge in [0.1, 0.15) is 0 Å². The smallest absolute Gasteiger partial charge is 0.302 e. The Balaban J connectivity index is 0.000000310. The zero-order valence-corrected chi connectivity index (χ0v) is 6.67. The first-order valence-electron chi connectivity index (χ1n) is 3.07. The van der Waals surface area contributed by atoms with E-state index in [1.807, 2.05) is 0 Å². The van der Waals surface area contributed by atoms with Gasteiger partial charge in [0.2, 0.25) is 0 Å². The summed E-state index contributed by atoms with van der Waals surface area (Å²) in [7, 11) is 0. The summed E-state index contributed by atoms with van der Waals surface area (Å²) >= 11 is 0. The Morgan fingerprint density at radius 2 is 2.31 bits per heavy atom. The SMILES string of the molecule is CC(=O)O.O=[N+]([O-])Oc1ccco1. The second kappa shape index (κ2) is 5.58. The molecule has 0 amide bonds. The highest BCUT2D eigenvalue weighted by atomic mass is 17.0. The zero-order chi connectivity index (χ0) is 10.3. The third-order valence-electron chi connectivity index (χ3n) is 0.660. The van der Waals surface area contributed by atoms with Crippen LogP contribution in [0.15, 0.2) is 22.8 Å². The summed E-state index contributed by atoms with van der Waals surface area (Å²) in [5.74, 6) is -0.944. The molecule has 1 rings (SSSR count). The van der Waals surface area contributed by atoms with Crippen LogP contribution >= 0.6 is 0 Å². The van der Waals surface area contributed by atoms with Crippen LogP contribution in [0.4, 0.5) is 0 Å². The Kier molecular flexibility index (Phi) is 4.70. The minimum atomic E-state index is -0.932. The Morgan fingerprint density at radius 3 is 2.62 bits per heavy atom. The lowest BCUT2D eigenvalue weighted by atomic mass is 10.7. The maximum absolute atomic E-state index is 9.59. The molecule has 0 aromatic carbocycles. The van der Waals surface area contributed by atoms with Crippen molar-refractivity contribution in [3.8, 4) is 5.95 Å². The van der Waals surface area contributed by atoms with Crippen molar-refractivity contribution < 1.29 is 24.2 Å². The number of carboxylic acids is 1. The van der Waals surface area contributed by atoms with Crippen LogP contribution in [-0.4, -0.2) is 16.2 Å². The highest BCUT2D eigenvalue weighted by molar-refractivity contribution is 5.62. The van der Waals surface area contributed by atoms with Crippen molar-refractivity contribution in [2.24, 2.45) is 0 Å². The predicted octanol–water partition coefficient (Wildman–Crippen LogP) is 0.941. The first-order chi connectivity index (χ1) is 6.02. The number of furan rings is 1. The molecule has 0 saturated carbocycles. The summed E-state index contributed by atoms with van der Waals surface area (Å²) in [6.45, 7) is 1.08. The van der Waals surface area contributed by atoms with Crippen LogP contribution in [0.5, 0.6) is 5.95 Å². The van der Waals surface area contributed by atoms with Crippen molar-refractivity contribution in [1.82, 2.24) is 0 Å². The summed E-state index contributed by atoms with van der Waals surface area (Å²) in [4.78, 5) is 22.5. The van der Waals surface area contributed by atoms with Gasteiger partial charge in [0, 0.05) is 13.0 Å². The summed E-state index contributed by atoms with van der Waals surface area (Å²) < 4.78 is 4.48. The van der Waals surface area contributed by atoms with Crippen molar-refractivity contribution in [1.29, 1.82) is 0 Å². The fraction of sp³-hybridized carbons (Fsp3) is 0.167. The van der Waals surface area contributed by atoms with Gasteiger partial charge < -0.3 is 9.52 Å². The van der Waals surface area contributed by atoms with Gasteiger partial charge in [-0.2, -0.15) is 0 Å². The van der Waals surface area contributed by atoms with Gasteiger partial charge in [-0.15, -0.1) is 10.1 Å². The summed E-state index contributed by atoms with van der Waals surface area (Å²) in [5, 5.41) is 16.1. The molecule has 1 aromatic heterocycles. The number of rotatable bonds is 2. The summed E-state index contributed by atoms with van der Waals surface area (Å²) in [5.41, 5.74) is 0. The lowest BCUT2D eigenvalue weighted by Gasteiger charge is -1.86. The molecule has 0 atom stereocenters. The highest BCUT2D eigenvalue weighted by Gasteiger charge is 1.98.